The second-order valence-electron chi connectivity index (χ2n) is 8.76. The highest BCUT2D eigenvalue weighted by molar-refractivity contribution is 15.0. The third kappa shape index (κ3) is 15.2. The van der Waals surface area contributed by atoms with Gasteiger partial charge >= 0.3 is 0 Å². The number of likely N-dealkylation sites (tertiary alicyclic amines) is 2. The normalized spacial score (nSPS) is 16.7. The minimum atomic E-state index is -0.216. The lowest BCUT2D eigenvalue weighted by Gasteiger charge is -2.29. The summed E-state index contributed by atoms with van der Waals surface area (Å²) >= 11 is 4.24. The summed E-state index contributed by atoms with van der Waals surface area (Å²) in [6.45, 7) is 5.56. The molecule has 2 aliphatic rings. The number of benzene rings is 2. The second-order valence-corrected chi connectivity index (χ2v) is 8.76. The van der Waals surface area contributed by atoms with E-state index in [0.717, 1.165) is 43.6 Å². The summed E-state index contributed by atoms with van der Waals surface area (Å²) in [5.74, 6) is 0.0401. The van der Waals surface area contributed by atoms with Gasteiger partial charge in [-0.2, -0.15) is 0 Å². The van der Waals surface area contributed by atoms with Crippen LogP contribution in [0, 0.1) is 11.6 Å². The zero-order valence-corrected chi connectivity index (χ0v) is 25.0. The minimum Gasteiger partial charge on any atom is -0.326 e. The average molecular weight is 714 g/mol. The van der Waals surface area contributed by atoms with Crippen molar-refractivity contribution in [3.05, 3.63) is 71.3 Å². The fourth-order valence-electron chi connectivity index (χ4n) is 3.57. The number of carbonyl (C=O) groups excluding carboxylic acids is 1. The Bertz CT molecular complexity index is 807. The number of nitrogens with one attached hydrogen (secondary N) is 1. The summed E-state index contributed by atoms with van der Waals surface area (Å²) < 4.78 is 24.9. The molecule has 0 aliphatic carbocycles. The number of piperidine rings is 2. The van der Waals surface area contributed by atoms with Crippen molar-refractivity contribution in [2.45, 2.75) is 44.8 Å². The lowest BCUT2D eigenvalue weighted by atomic mass is 10.1. The van der Waals surface area contributed by atoms with Gasteiger partial charge in [-0.15, -0.1) is 0 Å². The maximum absolute atomic E-state index is 12.7. The Balaban J connectivity index is 0.000000274. The van der Waals surface area contributed by atoms with Crippen LogP contribution in [-0.4, -0.2) is 61.9 Å². The summed E-state index contributed by atoms with van der Waals surface area (Å²) in [5.41, 5.74) is 7.39. The van der Waals surface area contributed by atoms with Gasteiger partial charge in [0.25, 0.3) is 0 Å². The molecule has 35 heavy (non-hydrogen) atoms. The molecule has 2 aromatic carbocycles. The number of Topliss-reactive ketones (excluding diaryl/α,β-unsaturated/α-hetero) is 1. The van der Waals surface area contributed by atoms with E-state index in [1.807, 2.05) is 19.2 Å². The van der Waals surface area contributed by atoms with Crippen molar-refractivity contribution in [3.8, 4) is 0 Å². The number of hydrogen-bond acceptors (Lipinski definition) is 5. The van der Waals surface area contributed by atoms with Crippen LogP contribution in [0.2, 0.25) is 0 Å². The van der Waals surface area contributed by atoms with E-state index in [0.29, 0.717) is 18.4 Å². The SMILES string of the molecule is CN1CCC(=O)CC1.CN1CCC(NCc2ccc(F)cc2)CC1.II.NCc1ccc(F)cc1. The predicted molar refractivity (Wildman–Crippen MR) is 158 cm³/mol. The molecule has 2 heterocycles. The van der Waals surface area contributed by atoms with Crippen LogP contribution < -0.4 is 11.1 Å². The van der Waals surface area contributed by atoms with Gasteiger partial charge in [-0.3, -0.25) is 4.79 Å². The molecule has 9 heteroatoms. The van der Waals surface area contributed by atoms with Crippen LogP contribution in [0.5, 0.6) is 0 Å². The zero-order valence-electron chi connectivity index (χ0n) is 20.7. The first-order chi connectivity index (χ1) is 16.9. The highest BCUT2D eigenvalue weighted by atomic mass is 128. The maximum atomic E-state index is 12.7. The standard InChI is InChI=1S/C13H19FN2.C7H8FN.C6H11NO.I2/c1-16-8-6-13(7-9-16)15-10-11-2-4-12(14)5-3-11;8-7-3-1-6(5-9)2-4-7;1-7-4-2-6(8)3-5-7;1-2/h2-5,13,15H,6-10H2,1H3;1-4H,5,9H2;2-5H2,1H3;. The van der Waals surface area contributed by atoms with Crippen LogP contribution >= 0.6 is 37.2 Å². The van der Waals surface area contributed by atoms with Crippen molar-refractivity contribution in [2.24, 2.45) is 5.73 Å². The van der Waals surface area contributed by atoms with Crippen LogP contribution in [0.3, 0.4) is 0 Å². The molecule has 0 saturated carbocycles. The molecular weight excluding hydrogens is 676 g/mol. The van der Waals surface area contributed by atoms with E-state index in [9.17, 15) is 13.6 Å². The topological polar surface area (TPSA) is 61.6 Å². The minimum absolute atomic E-state index is 0.164. The third-order valence-electron chi connectivity index (χ3n) is 5.92. The van der Waals surface area contributed by atoms with E-state index in [1.54, 1.807) is 12.1 Å². The first kappa shape index (κ1) is 32.3. The van der Waals surface area contributed by atoms with Crippen molar-refractivity contribution in [2.75, 3.05) is 40.3 Å². The fourth-order valence-corrected chi connectivity index (χ4v) is 3.57. The van der Waals surface area contributed by atoms with Crippen molar-refractivity contribution in [1.29, 1.82) is 0 Å². The number of ketones is 1. The summed E-state index contributed by atoms with van der Waals surface area (Å²) in [6.07, 6.45) is 3.93. The molecule has 0 unspecified atom stereocenters. The summed E-state index contributed by atoms with van der Waals surface area (Å²) in [5, 5.41) is 3.53. The van der Waals surface area contributed by atoms with Crippen molar-refractivity contribution < 1.29 is 13.6 Å². The number of hydrogen-bond donors (Lipinski definition) is 2. The van der Waals surface area contributed by atoms with Crippen molar-refractivity contribution in [1.82, 2.24) is 15.1 Å². The van der Waals surface area contributed by atoms with Crippen LogP contribution in [0.4, 0.5) is 8.78 Å². The first-order valence-electron chi connectivity index (χ1n) is 11.8. The third-order valence-corrected chi connectivity index (χ3v) is 5.92. The molecule has 2 saturated heterocycles. The Morgan fingerprint density at radius 3 is 1.69 bits per heavy atom. The molecule has 2 aliphatic heterocycles. The van der Waals surface area contributed by atoms with Crippen LogP contribution in [-0.2, 0) is 17.9 Å². The van der Waals surface area contributed by atoms with Crippen LogP contribution in [0.25, 0.3) is 0 Å². The summed E-state index contributed by atoms with van der Waals surface area (Å²) in [4.78, 5) is 15.1. The molecule has 0 aromatic heterocycles. The van der Waals surface area contributed by atoms with Crippen LogP contribution in [0.1, 0.15) is 36.8 Å². The van der Waals surface area contributed by atoms with E-state index in [4.69, 9.17) is 5.73 Å². The lowest BCUT2D eigenvalue weighted by molar-refractivity contribution is -0.121. The fraction of sp³-hybridized carbons (Fsp3) is 0.500. The first-order valence-corrected chi connectivity index (χ1v) is 18.1. The van der Waals surface area contributed by atoms with Gasteiger partial charge in [-0.05, 0) is 75.4 Å². The van der Waals surface area contributed by atoms with Gasteiger partial charge in [0, 0.05) is 82.3 Å². The lowest BCUT2D eigenvalue weighted by Crippen LogP contribution is -2.40. The molecular formula is C26H38F2I2N4O. The molecule has 2 aromatic rings. The molecule has 0 bridgehead atoms. The van der Waals surface area contributed by atoms with Crippen LogP contribution in [0.15, 0.2) is 48.5 Å². The maximum Gasteiger partial charge on any atom is 0.135 e. The molecule has 5 nitrogen and oxygen atoms in total. The zero-order chi connectivity index (χ0) is 26.1. The Labute approximate surface area is 232 Å². The van der Waals surface area contributed by atoms with E-state index < -0.39 is 0 Å². The number of nitrogens with two attached hydrogens (primary N) is 1. The number of carbonyl (C=O) groups is 1. The summed E-state index contributed by atoms with van der Waals surface area (Å²) in [6, 6.07) is 13.5. The monoisotopic (exact) mass is 714 g/mol. The average Bonchev–Trinajstić information content (AvgIpc) is 2.89. The van der Waals surface area contributed by atoms with Gasteiger partial charge in [0.05, 0.1) is 0 Å². The van der Waals surface area contributed by atoms with E-state index in [-0.39, 0.29) is 11.6 Å². The highest BCUT2D eigenvalue weighted by Crippen LogP contribution is 2.10. The molecule has 0 spiro atoms. The number of nitrogens with zero attached hydrogens (tertiary/aromatic N) is 2. The Hall–Kier alpha value is -0.730. The van der Waals surface area contributed by atoms with E-state index >= 15 is 0 Å². The number of rotatable bonds is 4. The summed E-state index contributed by atoms with van der Waals surface area (Å²) in [7, 11) is 4.21. The van der Waals surface area contributed by atoms with Gasteiger partial charge in [0.15, 0.2) is 0 Å². The van der Waals surface area contributed by atoms with Gasteiger partial charge in [0.2, 0.25) is 0 Å². The number of halogens is 4. The van der Waals surface area contributed by atoms with Crippen molar-refractivity contribution in [3.63, 3.8) is 0 Å². The largest absolute Gasteiger partial charge is 0.326 e. The smallest absolute Gasteiger partial charge is 0.135 e. The molecule has 0 radical (unpaired) electrons. The van der Waals surface area contributed by atoms with Gasteiger partial charge < -0.3 is 20.9 Å². The molecule has 0 amide bonds. The quantitative estimate of drug-likeness (QED) is 0.419. The molecule has 2 fully saturated rings. The predicted octanol–water partition coefficient (Wildman–Crippen LogP) is 5.35. The Kier molecular flexibility index (Phi) is 17.9. The van der Waals surface area contributed by atoms with E-state index in [1.165, 1.54) is 50.2 Å². The molecule has 4 rings (SSSR count). The van der Waals surface area contributed by atoms with Gasteiger partial charge in [-0.25, -0.2) is 8.78 Å². The molecule has 3 N–H and O–H groups in total. The molecule has 0 atom stereocenters. The Morgan fingerprint density at radius 1 is 0.829 bits per heavy atom. The highest BCUT2D eigenvalue weighted by Gasteiger charge is 2.15. The van der Waals surface area contributed by atoms with Gasteiger partial charge in [0.1, 0.15) is 17.4 Å². The van der Waals surface area contributed by atoms with E-state index in [2.05, 4.69) is 59.4 Å². The van der Waals surface area contributed by atoms with Gasteiger partial charge in [-0.1, -0.05) is 24.3 Å². The Morgan fingerprint density at radius 2 is 1.26 bits per heavy atom. The molecule has 196 valence electrons. The second kappa shape index (κ2) is 19.4. The van der Waals surface area contributed by atoms with Crippen molar-refractivity contribution >= 4 is 43.0 Å².